The molecule has 2 aromatic carbocycles. The highest BCUT2D eigenvalue weighted by Crippen LogP contribution is 2.63. The maximum atomic E-state index is 13.2. The SMILES string of the molecule is CN(C(=O)COc1ccc(Cl)c(Cl)c1)C12CC(NC(=O)COc3ccc(F)c(Cl)c3)(C1)C2. The van der Waals surface area contributed by atoms with E-state index in [4.69, 9.17) is 44.3 Å². The Balaban J connectivity index is 1.22. The van der Waals surface area contributed by atoms with Gasteiger partial charge in [0.2, 0.25) is 0 Å². The van der Waals surface area contributed by atoms with Crippen molar-refractivity contribution in [3.05, 3.63) is 57.3 Å². The first-order valence-corrected chi connectivity index (χ1v) is 11.0. The molecule has 3 saturated carbocycles. The molecule has 2 bridgehead atoms. The lowest BCUT2D eigenvalue weighted by Gasteiger charge is -2.72. The number of halogens is 4. The average Bonchev–Trinajstić information content (AvgIpc) is 2.70. The van der Waals surface area contributed by atoms with Gasteiger partial charge in [0.25, 0.3) is 11.8 Å². The monoisotopic (exact) mass is 500 g/mol. The molecule has 0 unspecified atom stereocenters. The topological polar surface area (TPSA) is 67.9 Å². The van der Waals surface area contributed by atoms with Crippen LogP contribution in [0.15, 0.2) is 36.4 Å². The smallest absolute Gasteiger partial charge is 0.260 e. The predicted octanol–water partition coefficient (Wildman–Crippen LogP) is 4.49. The van der Waals surface area contributed by atoms with Gasteiger partial charge in [-0.3, -0.25) is 9.59 Å². The summed E-state index contributed by atoms with van der Waals surface area (Å²) in [5.41, 5.74) is -0.587. The fraction of sp³-hybridized carbons (Fsp3) is 0.364. The van der Waals surface area contributed by atoms with Crippen LogP contribution in [-0.2, 0) is 9.59 Å². The van der Waals surface area contributed by atoms with Gasteiger partial charge >= 0.3 is 0 Å². The van der Waals surface area contributed by atoms with Gasteiger partial charge in [-0.05, 0) is 43.5 Å². The standard InChI is InChI=1S/C22H20Cl3FN2O4/c1-28(20(30)9-32-13-2-4-15(23)16(24)6-13)22-10-21(11-22,12-22)27-19(29)8-31-14-3-5-18(26)17(25)7-14/h2-7H,8-12H2,1H3,(H,27,29). The van der Waals surface area contributed by atoms with Gasteiger partial charge < -0.3 is 19.7 Å². The Morgan fingerprint density at radius 3 is 2.19 bits per heavy atom. The van der Waals surface area contributed by atoms with E-state index in [0.29, 0.717) is 40.8 Å². The highest BCUT2D eigenvalue weighted by Gasteiger charge is 2.71. The summed E-state index contributed by atoms with van der Waals surface area (Å²) in [6.07, 6.45) is 2.01. The summed E-state index contributed by atoms with van der Waals surface area (Å²) in [6.45, 7) is -0.327. The molecule has 3 aliphatic rings. The minimum atomic E-state index is -0.552. The maximum Gasteiger partial charge on any atom is 0.260 e. The van der Waals surface area contributed by atoms with Gasteiger partial charge in [0.1, 0.15) is 17.3 Å². The lowest BCUT2D eigenvalue weighted by molar-refractivity contribution is -0.187. The highest BCUT2D eigenvalue weighted by molar-refractivity contribution is 6.42. The summed E-state index contributed by atoms with van der Waals surface area (Å²) in [5, 5.41) is 3.67. The van der Waals surface area contributed by atoms with Gasteiger partial charge in [-0.2, -0.15) is 0 Å². The Hall–Kier alpha value is -2.22. The second-order valence-electron chi connectivity index (χ2n) is 8.27. The van der Waals surface area contributed by atoms with Crippen molar-refractivity contribution in [2.75, 3.05) is 20.3 Å². The fourth-order valence-electron chi connectivity index (χ4n) is 4.34. The Morgan fingerprint density at radius 1 is 0.969 bits per heavy atom. The van der Waals surface area contributed by atoms with E-state index < -0.39 is 5.82 Å². The summed E-state index contributed by atoms with van der Waals surface area (Å²) < 4.78 is 24.1. The lowest BCUT2D eigenvalue weighted by atomic mass is 9.43. The number of benzene rings is 2. The molecular formula is C22H20Cl3FN2O4. The van der Waals surface area contributed by atoms with Gasteiger partial charge in [0, 0.05) is 30.3 Å². The number of nitrogens with zero attached hydrogens (tertiary/aromatic N) is 1. The van der Waals surface area contributed by atoms with Crippen LogP contribution in [0.25, 0.3) is 0 Å². The predicted molar refractivity (Wildman–Crippen MR) is 119 cm³/mol. The number of carbonyl (C=O) groups excluding carboxylic acids is 2. The first kappa shape index (κ1) is 23.0. The summed E-state index contributed by atoms with van der Waals surface area (Å²) in [6, 6.07) is 8.72. The van der Waals surface area contributed by atoms with Crippen molar-refractivity contribution in [2.24, 2.45) is 0 Å². The summed E-state index contributed by atoms with van der Waals surface area (Å²) in [5.74, 6) is -0.218. The van der Waals surface area contributed by atoms with Crippen LogP contribution in [0.5, 0.6) is 11.5 Å². The third-order valence-electron chi connectivity index (χ3n) is 6.01. The van der Waals surface area contributed by atoms with Crippen LogP contribution in [-0.4, -0.2) is 48.1 Å². The zero-order valence-corrected chi connectivity index (χ0v) is 19.4. The van der Waals surface area contributed by atoms with E-state index in [9.17, 15) is 14.0 Å². The second-order valence-corrected chi connectivity index (χ2v) is 9.49. The number of hydrogen-bond donors (Lipinski definition) is 1. The molecule has 6 nitrogen and oxygen atoms in total. The minimum absolute atomic E-state index is 0.0693. The number of carbonyl (C=O) groups is 2. The third-order valence-corrected chi connectivity index (χ3v) is 7.04. The van der Waals surface area contributed by atoms with E-state index in [1.54, 1.807) is 30.1 Å². The van der Waals surface area contributed by atoms with Crippen LogP contribution < -0.4 is 14.8 Å². The molecule has 0 spiro atoms. The molecule has 32 heavy (non-hydrogen) atoms. The van der Waals surface area contributed by atoms with E-state index in [-0.39, 0.29) is 41.1 Å². The van der Waals surface area contributed by atoms with Crippen LogP contribution in [0.4, 0.5) is 4.39 Å². The molecule has 0 saturated heterocycles. The van der Waals surface area contributed by atoms with E-state index in [1.807, 2.05) is 0 Å². The van der Waals surface area contributed by atoms with Crippen molar-refractivity contribution in [3.63, 3.8) is 0 Å². The molecule has 3 fully saturated rings. The van der Waals surface area contributed by atoms with Gasteiger partial charge in [-0.25, -0.2) is 4.39 Å². The first-order valence-electron chi connectivity index (χ1n) is 9.85. The average molecular weight is 502 g/mol. The molecule has 0 aliphatic heterocycles. The van der Waals surface area contributed by atoms with Crippen molar-refractivity contribution in [3.8, 4) is 11.5 Å². The van der Waals surface area contributed by atoms with Crippen molar-refractivity contribution in [1.82, 2.24) is 10.2 Å². The molecular weight excluding hydrogens is 482 g/mol. The zero-order chi connectivity index (χ0) is 23.1. The van der Waals surface area contributed by atoms with Crippen LogP contribution in [0, 0.1) is 5.82 Å². The summed E-state index contributed by atoms with van der Waals surface area (Å²) in [4.78, 5) is 26.5. The van der Waals surface area contributed by atoms with Gasteiger partial charge in [0.05, 0.1) is 15.1 Å². The number of ether oxygens (including phenoxy) is 2. The normalized spacial score (nSPS) is 22.9. The molecule has 2 aromatic rings. The minimum Gasteiger partial charge on any atom is -0.484 e. The Labute approximate surface area is 199 Å². The lowest BCUT2D eigenvalue weighted by Crippen LogP contribution is -2.84. The molecule has 1 N–H and O–H groups in total. The number of nitrogens with one attached hydrogen (secondary N) is 1. The van der Waals surface area contributed by atoms with Gasteiger partial charge in [-0.15, -0.1) is 0 Å². The van der Waals surface area contributed by atoms with Crippen molar-refractivity contribution in [2.45, 2.75) is 30.3 Å². The number of amides is 2. The van der Waals surface area contributed by atoms with Crippen LogP contribution in [0.3, 0.4) is 0 Å². The van der Waals surface area contributed by atoms with E-state index in [1.165, 1.54) is 18.2 Å². The fourth-order valence-corrected chi connectivity index (χ4v) is 4.80. The van der Waals surface area contributed by atoms with Gasteiger partial charge in [-0.1, -0.05) is 34.8 Å². The van der Waals surface area contributed by atoms with Crippen molar-refractivity contribution in [1.29, 1.82) is 0 Å². The van der Waals surface area contributed by atoms with Crippen molar-refractivity contribution < 1.29 is 23.5 Å². The molecule has 5 rings (SSSR count). The largest absolute Gasteiger partial charge is 0.484 e. The molecule has 0 aromatic heterocycles. The van der Waals surface area contributed by atoms with Crippen LogP contribution >= 0.6 is 34.8 Å². The molecule has 10 heteroatoms. The molecule has 3 aliphatic carbocycles. The zero-order valence-electron chi connectivity index (χ0n) is 17.1. The molecule has 2 amide bonds. The third kappa shape index (κ3) is 4.47. The second kappa shape index (κ2) is 8.61. The first-order chi connectivity index (χ1) is 15.1. The number of likely N-dealkylation sites (N-methyl/N-ethyl adjacent to an activating group) is 1. The summed E-state index contributed by atoms with van der Waals surface area (Å²) >= 11 is 17.5. The van der Waals surface area contributed by atoms with E-state index in [2.05, 4.69) is 5.32 Å². The maximum absolute atomic E-state index is 13.2. The summed E-state index contributed by atoms with van der Waals surface area (Å²) in [7, 11) is 1.74. The molecule has 0 radical (unpaired) electrons. The Morgan fingerprint density at radius 2 is 1.56 bits per heavy atom. The van der Waals surface area contributed by atoms with Crippen LogP contribution in [0.2, 0.25) is 15.1 Å². The Kier molecular flexibility index (Phi) is 6.18. The van der Waals surface area contributed by atoms with E-state index >= 15 is 0 Å². The highest BCUT2D eigenvalue weighted by atomic mass is 35.5. The quantitative estimate of drug-likeness (QED) is 0.579. The molecule has 0 atom stereocenters. The molecule has 0 heterocycles. The van der Waals surface area contributed by atoms with Crippen LogP contribution in [0.1, 0.15) is 19.3 Å². The Bertz CT molecular complexity index is 1060. The number of hydrogen-bond acceptors (Lipinski definition) is 4. The van der Waals surface area contributed by atoms with E-state index in [0.717, 1.165) is 0 Å². The molecule has 170 valence electrons. The van der Waals surface area contributed by atoms with Crippen molar-refractivity contribution >= 4 is 46.6 Å². The van der Waals surface area contributed by atoms with Gasteiger partial charge in [0.15, 0.2) is 13.2 Å². The number of rotatable bonds is 8.